The molecular formula is C25H36ClN3O6S. The average Bonchev–Trinajstić information content (AvgIpc) is 2.88. The number of nitrogens with one attached hydrogen (secondary N) is 1. The van der Waals surface area contributed by atoms with Gasteiger partial charge in [0.15, 0.2) is 0 Å². The first-order valence-corrected chi connectivity index (χ1v) is 13.3. The summed E-state index contributed by atoms with van der Waals surface area (Å²) >= 11 is 0. The molecule has 0 spiro atoms. The van der Waals surface area contributed by atoms with Gasteiger partial charge in [0.2, 0.25) is 10.0 Å². The molecule has 0 radical (unpaired) electrons. The Hall–Kier alpha value is -2.24. The van der Waals surface area contributed by atoms with Crippen molar-refractivity contribution >= 4 is 28.3 Å². The number of amides is 1. The fraction of sp³-hybridized carbons (Fsp3) is 0.520. The summed E-state index contributed by atoms with van der Waals surface area (Å²) in [7, 11) is -2.61. The van der Waals surface area contributed by atoms with Crippen molar-refractivity contribution in [1.29, 1.82) is 0 Å². The summed E-state index contributed by atoms with van der Waals surface area (Å²) in [5, 5.41) is 9.58. The van der Waals surface area contributed by atoms with Gasteiger partial charge in [0.05, 0.1) is 18.1 Å². The maximum absolute atomic E-state index is 13.9. The molecule has 1 aromatic carbocycles. The highest BCUT2D eigenvalue weighted by Gasteiger charge is 2.42. The number of halogens is 1. The Bertz CT molecular complexity index is 1050. The second-order valence-electron chi connectivity index (χ2n) is 9.27. The molecule has 1 aliphatic rings. The van der Waals surface area contributed by atoms with E-state index in [-0.39, 0.29) is 35.9 Å². The lowest BCUT2D eigenvalue weighted by atomic mass is 9.82. The van der Waals surface area contributed by atoms with E-state index in [0.29, 0.717) is 36.7 Å². The zero-order valence-electron chi connectivity index (χ0n) is 20.9. The second kappa shape index (κ2) is 13.9. The van der Waals surface area contributed by atoms with Gasteiger partial charge in [-0.1, -0.05) is 13.8 Å². The van der Waals surface area contributed by atoms with Crippen molar-refractivity contribution in [2.75, 3.05) is 13.7 Å². The quantitative estimate of drug-likeness (QED) is 0.328. The third-order valence-electron chi connectivity index (χ3n) is 6.27. The van der Waals surface area contributed by atoms with Crippen molar-refractivity contribution < 1.29 is 27.9 Å². The molecule has 0 aliphatic heterocycles. The predicted molar refractivity (Wildman–Crippen MR) is 137 cm³/mol. The van der Waals surface area contributed by atoms with Gasteiger partial charge in [-0.25, -0.2) is 13.9 Å². The van der Waals surface area contributed by atoms with Gasteiger partial charge in [0.25, 0.3) is 5.91 Å². The lowest BCUT2D eigenvalue weighted by Crippen LogP contribution is -2.53. The Kier molecular flexibility index (Phi) is 11.6. The van der Waals surface area contributed by atoms with Crippen LogP contribution in [0.4, 0.5) is 0 Å². The highest BCUT2D eigenvalue weighted by atomic mass is 35.5. The molecule has 1 saturated carbocycles. The van der Waals surface area contributed by atoms with Crippen molar-refractivity contribution in [3.63, 3.8) is 0 Å². The number of hydrogen-bond donors (Lipinski definition) is 2. The fourth-order valence-electron chi connectivity index (χ4n) is 4.43. The summed E-state index contributed by atoms with van der Waals surface area (Å²) in [5.41, 5.74) is 2.40. The van der Waals surface area contributed by atoms with Crippen molar-refractivity contribution in [3.05, 3.63) is 54.4 Å². The van der Waals surface area contributed by atoms with Crippen LogP contribution in [-0.4, -0.2) is 54.7 Å². The first kappa shape index (κ1) is 30.0. The van der Waals surface area contributed by atoms with E-state index in [4.69, 9.17) is 9.47 Å². The van der Waals surface area contributed by atoms with E-state index in [1.807, 2.05) is 0 Å². The first-order chi connectivity index (χ1) is 16.8. The number of benzene rings is 1. The molecule has 1 aromatic heterocycles. The van der Waals surface area contributed by atoms with Gasteiger partial charge in [-0.15, -0.1) is 12.4 Å². The number of rotatable bonds is 11. The lowest BCUT2D eigenvalue weighted by Gasteiger charge is -2.38. The molecule has 1 heterocycles. The zero-order chi connectivity index (χ0) is 25.4. The molecule has 1 amide bonds. The third kappa shape index (κ3) is 7.63. The standard InChI is InChI=1S/C25H35N3O6S.ClH/c1-18(2)17-34-22-6-4-20(5-7-22)24(25(29)27-30)28(16-19-12-14-26-15-13-19)35(31,32)23-10-8-21(33-3)9-11-23;/h8-15,18,20,22,24,30H,4-7,16-17H2,1-3H3,(H,27,29);1H/t20-,22-,24?;. The maximum atomic E-state index is 13.9. The van der Waals surface area contributed by atoms with Crippen LogP contribution in [0.3, 0.4) is 0 Å². The van der Waals surface area contributed by atoms with Crippen LogP contribution in [0.25, 0.3) is 0 Å². The maximum Gasteiger partial charge on any atom is 0.262 e. The van der Waals surface area contributed by atoms with Crippen LogP contribution < -0.4 is 10.2 Å². The number of ether oxygens (including phenoxy) is 2. The summed E-state index contributed by atoms with van der Waals surface area (Å²) in [4.78, 5) is 17.0. The van der Waals surface area contributed by atoms with Gasteiger partial charge in [0, 0.05) is 25.5 Å². The average molecular weight is 542 g/mol. The first-order valence-electron chi connectivity index (χ1n) is 11.9. The number of methoxy groups -OCH3 is 1. The van der Waals surface area contributed by atoms with Crippen LogP contribution >= 0.6 is 12.4 Å². The van der Waals surface area contributed by atoms with Gasteiger partial charge < -0.3 is 9.47 Å². The smallest absolute Gasteiger partial charge is 0.262 e. The normalized spacial score (nSPS) is 18.9. The van der Waals surface area contributed by atoms with Gasteiger partial charge >= 0.3 is 0 Å². The van der Waals surface area contributed by atoms with E-state index in [0.717, 1.165) is 12.8 Å². The van der Waals surface area contributed by atoms with E-state index in [9.17, 15) is 18.4 Å². The molecule has 36 heavy (non-hydrogen) atoms. The van der Waals surface area contributed by atoms with Gasteiger partial charge in [-0.2, -0.15) is 4.31 Å². The molecule has 1 atom stereocenters. The van der Waals surface area contributed by atoms with Crippen LogP contribution in [-0.2, 0) is 26.1 Å². The molecule has 0 saturated heterocycles. The number of sulfonamides is 1. The van der Waals surface area contributed by atoms with Gasteiger partial charge in [0.1, 0.15) is 11.8 Å². The molecular weight excluding hydrogens is 506 g/mol. The molecule has 11 heteroatoms. The molecule has 200 valence electrons. The Labute approximate surface area is 219 Å². The third-order valence-corrected chi connectivity index (χ3v) is 8.12. The van der Waals surface area contributed by atoms with E-state index in [2.05, 4.69) is 18.8 Å². The number of aromatic nitrogens is 1. The Morgan fingerprint density at radius 3 is 2.25 bits per heavy atom. The van der Waals surface area contributed by atoms with Crippen molar-refractivity contribution in [2.45, 2.75) is 63.1 Å². The van der Waals surface area contributed by atoms with Crippen LogP contribution in [0, 0.1) is 11.8 Å². The van der Waals surface area contributed by atoms with E-state index in [1.165, 1.54) is 23.5 Å². The monoisotopic (exact) mass is 541 g/mol. The van der Waals surface area contributed by atoms with Gasteiger partial charge in [-0.3, -0.25) is 15.0 Å². The number of carbonyl (C=O) groups excluding carboxylic acids is 1. The Balaban J connectivity index is 0.00000456. The number of nitrogens with zero attached hydrogens (tertiary/aromatic N) is 2. The Morgan fingerprint density at radius 1 is 1.11 bits per heavy atom. The second-order valence-corrected chi connectivity index (χ2v) is 11.2. The molecule has 1 fully saturated rings. The zero-order valence-corrected chi connectivity index (χ0v) is 22.5. The molecule has 1 aliphatic carbocycles. The fourth-order valence-corrected chi connectivity index (χ4v) is 6.07. The summed E-state index contributed by atoms with van der Waals surface area (Å²) in [6.07, 6.45) is 5.88. The van der Waals surface area contributed by atoms with Gasteiger partial charge in [-0.05, 0) is 79.5 Å². The molecule has 3 rings (SSSR count). The van der Waals surface area contributed by atoms with Crippen LogP contribution in [0.2, 0.25) is 0 Å². The van der Waals surface area contributed by atoms with Crippen LogP contribution in [0.15, 0.2) is 53.7 Å². The number of hydroxylamine groups is 1. The topological polar surface area (TPSA) is 118 Å². The van der Waals surface area contributed by atoms with Crippen LogP contribution in [0.5, 0.6) is 5.75 Å². The number of carbonyl (C=O) groups is 1. The van der Waals surface area contributed by atoms with Crippen molar-refractivity contribution in [3.8, 4) is 5.75 Å². The van der Waals surface area contributed by atoms with E-state index in [1.54, 1.807) is 42.1 Å². The van der Waals surface area contributed by atoms with E-state index >= 15 is 0 Å². The minimum Gasteiger partial charge on any atom is -0.497 e. The summed E-state index contributed by atoms with van der Waals surface area (Å²) in [5.74, 6) is -0.0845. The minimum absolute atomic E-state index is 0. The largest absolute Gasteiger partial charge is 0.497 e. The highest BCUT2D eigenvalue weighted by molar-refractivity contribution is 7.89. The number of pyridine rings is 1. The molecule has 1 unspecified atom stereocenters. The molecule has 2 aromatic rings. The summed E-state index contributed by atoms with van der Waals surface area (Å²) in [6, 6.07) is 8.37. The van der Waals surface area contributed by atoms with Crippen molar-refractivity contribution in [1.82, 2.24) is 14.8 Å². The number of hydrogen-bond acceptors (Lipinski definition) is 7. The van der Waals surface area contributed by atoms with Crippen molar-refractivity contribution in [2.24, 2.45) is 11.8 Å². The summed E-state index contributed by atoms with van der Waals surface area (Å²) in [6.45, 7) is 4.80. The molecule has 9 nitrogen and oxygen atoms in total. The van der Waals surface area contributed by atoms with Crippen LogP contribution in [0.1, 0.15) is 45.1 Å². The summed E-state index contributed by atoms with van der Waals surface area (Å²) < 4.78 is 40.1. The lowest BCUT2D eigenvalue weighted by molar-refractivity contribution is -0.136. The SMILES string of the molecule is COc1ccc(S(=O)(=O)N(Cc2ccncc2)C(C(=O)NO)[C@H]2CC[C@H](OCC(C)C)CC2)cc1.Cl. The minimum atomic E-state index is -4.11. The Morgan fingerprint density at radius 2 is 1.72 bits per heavy atom. The molecule has 0 bridgehead atoms. The highest BCUT2D eigenvalue weighted by Crippen LogP contribution is 2.34. The predicted octanol–water partition coefficient (Wildman–Crippen LogP) is 3.81. The van der Waals surface area contributed by atoms with E-state index < -0.39 is 22.0 Å². The molecule has 2 N–H and O–H groups in total.